The zero-order valence-corrected chi connectivity index (χ0v) is 48.1. The van der Waals surface area contributed by atoms with Crippen LogP contribution >= 0.6 is 10.0 Å². The van der Waals surface area contributed by atoms with Crippen LogP contribution < -0.4 is 9.80 Å². The number of aryl methyl sites for hydroxylation is 4. The van der Waals surface area contributed by atoms with Gasteiger partial charge < -0.3 is 9.80 Å². The van der Waals surface area contributed by atoms with Crippen molar-refractivity contribution < 1.29 is 0 Å². The molecule has 0 saturated carbocycles. The third-order valence-corrected chi connectivity index (χ3v) is 20.3. The van der Waals surface area contributed by atoms with Crippen LogP contribution in [0.15, 0.2) is 216 Å². The summed E-state index contributed by atoms with van der Waals surface area (Å²) in [5.41, 5.74) is 30.0. The van der Waals surface area contributed by atoms with E-state index in [1.54, 1.807) is 0 Å². The van der Waals surface area contributed by atoms with Gasteiger partial charge in [0.25, 0.3) is 0 Å². The Kier molecular flexibility index (Phi) is 12.0. The number of benzene rings is 10. The van der Waals surface area contributed by atoms with Gasteiger partial charge in [-0.1, -0.05) is 183 Å². The largest absolute Gasteiger partial charge is 0.310 e. The third kappa shape index (κ3) is 8.67. The summed E-state index contributed by atoms with van der Waals surface area (Å²) in [6.07, 6.45) is 14.1. The molecule has 0 fully saturated rings. The first kappa shape index (κ1) is 50.2. The van der Waals surface area contributed by atoms with Gasteiger partial charge in [0.1, 0.15) is 0 Å². The van der Waals surface area contributed by atoms with E-state index in [0.717, 1.165) is 22.7 Å². The van der Waals surface area contributed by atoms with Gasteiger partial charge in [-0.05, 0) is 215 Å². The van der Waals surface area contributed by atoms with E-state index < -0.39 is 10.0 Å². The summed E-state index contributed by atoms with van der Waals surface area (Å²) in [5, 5.41) is 0. The average molecular weight is 1040 g/mol. The molecule has 3 aliphatic rings. The van der Waals surface area contributed by atoms with Crippen molar-refractivity contribution in [2.45, 2.75) is 76.0 Å². The highest BCUT2D eigenvalue weighted by Crippen LogP contribution is 2.67. The van der Waals surface area contributed by atoms with Crippen molar-refractivity contribution in [3.8, 4) is 33.4 Å². The molecule has 1 heterocycles. The minimum Gasteiger partial charge on any atom is -0.310 e. The van der Waals surface area contributed by atoms with Crippen molar-refractivity contribution in [1.82, 2.24) is 0 Å². The molecule has 3 heteroatoms. The number of anilines is 6. The van der Waals surface area contributed by atoms with Crippen molar-refractivity contribution in [3.05, 3.63) is 273 Å². The minimum absolute atomic E-state index is 0.171. The van der Waals surface area contributed by atoms with Crippen LogP contribution in [0.25, 0.3) is 57.7 Å². The lowest BCUT2D eigenvalue weighted by molar-refractivity contribution is 0.660. The Balaban J connectivity index is 0.754. The average Bonchev–Trinajstić information content (AvgIpc) is 4.16. The summed E-state index contributed by atoms with van der Waals surface area (Å²) < 4.78 is 0. The molecule has 0 N–H and O–H groups in total. The van der Waals surface area contributed by atoms with Crippen LogP contribution in [0, 0.1) is 27.7 Å². The van der Waals surface area contributed by atoms with Gasteiger partial charge in [-0.2, -0.15) is 10.0 Å². The monoisotopic (exact) mass is 1040 g/mol. The standard InChI is InChI=1S/C76H68N2S/c1-49-11-27-57(28-12-49)77(58-29-13-50(2)14-30-58)61-35-39-65-63-37-23-55(45-69(63)75(5,6)71(65)47-61)21-19-53-25-41-73-67(43-53)68-44-54(26-42-74(68)79(73,9)10)20-22-56-24-38-64-66-40-36-62(48-72(66)76(7,8)70(64)46-56)78(59-31-15-51(3)16-32-59)60-33-17-52(4)18-34-60/h11-48H,1-10H3. The predicted molar refractivity (Wildman–Crippen MR) is 342 cm³/mol. The second kappa shape index (κ2) is 18.9. The first-order valence-corrected chi connectivity index (χ1v) is 30.3. The molecule has 2 aliphatic carbocycles. The van der Waals surface area contributed by atoms with Crippen molar-refractivity contribution >= 4 is 68.5 Å². The lowest BCUT2D eigenvalue weighted by Gasteiger charge is -2.28. The van der Waals surface area contributed by atoms with Gasteiger partial charge in [0.15, 0.2) is 0 Å². The van der Waals surface area contributed by atoms with Crippen LogP contribution in [-0.4, -0.2) is 12.5 Å². The van der Waals surface area contributed by atoms with Gasteiger partial charge >= 0.3 is 0 Å². The van der Waals surface area contributed by atoms with Crippen molar-refractivity contribution in [2.24, 2.45) is 0 Å². The zero-order chi connectivity index (χ0) is 54.5. The van der Waals surface area contributed by atoms with Crippen molar-refractivity contribution in [2.75, 3.05) is 22.3 Å². The molecule has 10 aromatic carbocycles. The van der Waals surface area contributed by atoms with Gasteiger partial charge in [-0.15, -0.1) is 0 Å². The number of fused-ring (bicyclic) bond motifs is 9. The molecule has 0 atom stereocenters. The Morgan fingerprint density at radius 1 is 0.278 bits per heavy atom. The lowest BCUT2D eigenvalue weighted by Crippen LogP contribution is -2.16. The van der Waals surface area contributed by atoms with E-state index >= 15 is 0 Å². The van der Waals surface area contributed by atoms with Crippen molar-refractivity contribution in [3.63, 3.8) is 0 Å². The van der Waals surface area contributed by atoms with Gasteiger partial charge in [-0.3, -0.25) is 0 Å². The van der Waals surface area contributed by atoms with Crippen LogP contribution in [0.5, 0.6) is 0 Å². The first-order chi connectivity index (χ1) is 38.0. The van der Waals surface area contributed by atoms with Crippen LogP contribution in [0.3, 0.4) is 0 Å². The molecule has 13 rings (SSSR count). The number of hydrogen-bond acceptors (Lipinski definition) is 2. The molecule has 0 amide bonds. The molecule has 10 aromatic rings. The topological polar surface area (TPSA) is 6.48 Å². The molecule has 2 nitrogen and oxygen atoms in total. The highest BCUT2D eigenvalue weighted by molar-refractivity contribution is 8.33. The SMILES string of the molecule is Cc1ccc(N(c2ccc(C)cc2)c2ccc3c(c2)C(C)(C)c2cc(C=Cc4ccc5c(c4)-c4cc(C=Cc6ccc7c(c6)C(C)(C)c6cc(N(c8ccc(C)cc8)c8ccc(C)cc8)ccc6-7)ccc4S5(C)C)ccc2-3)cc1. The summed E-state index contributed by atoms with van der Waals surface area (Å²) in [5.74, 6) is 0. The Morgan fingerprint density at radius 2 is 0.532 bits per heavy atom. The molecule has 388 valence electrons. The summed E-state index contributed by atoms with van der Waals surface area (Å²) in [4.78, 5) is 7.70. The van der Waals surface area contributed by atoms with Crippen LogP contribution in [0.1, 0.15) is 94.5 Å². The fourth-order valence-electron chi connectivity index (χ4n) is 12.8. The summed E-state index contributed by atoms with van der Waals surface area (Å²) in [6, 6.07) is 78.0. The normalized spacial score (nSPS) is 15.1. The summed E-state index contributed by atoms with van der Waals surface area (Å²) in [6.45, 7) is 18.1. The summed E-state index contributed by atoms with van der Waals surface area (Å²) in [7, 11) is -1.17. The Labute approximate surface area is 470 Å². The minimum atomic E-state index is -1.17. The lowest BCUT2D eigenvalue weighted by atomic mass is 9.81. The second-order valence-corrected chi connectivity index (χ2v) is 27.4. The molecule has 1 aliphatic heterocycles. The maximum Gasteiger partial charge on any atom is 0.0465 e. The molecule has 0 bridgehead atoms. The van der Waals surface area contributed by atoms with Gasteiger partial charge in [0.2, 0.25) is 0 Å². The Morgan fingerprint density at radius 3 is 0.848 bits per heavy atom. The quantitative estimate of drug-likeness (QED) is 0.126. The zero-order valence-electron chi connectivity index (χ0n) is 47.2. The maximum atomic E-state index is 2.45. The molecular formula is C76H68N2S. The first-order valence-electron chi connectivity index (χ1n) is 27.9. The highest BCUT2D eigenvalue weighted by atomic mass is 32.3. The molecular weight excluding hydrogens is 973 g/mol. The summed E-state index contributed by atoms with van der Waals surface area (Å²) >= 11 is 0. The molecule has 0 spiro atoms. The fourth-order valence-corrected chi connectivity index (χ4v) is 15.2. The molecule has 0 aromatic heterocycles. The molecule has 0 radical (unpaired) electrons. The van der Waals surface area contributed by atoms with E-state index in [0.29, 0.717) is 0 Å². The molecule has 79 heavy (non-hydrogen) atoms. The van der Waals surface area contributed by atoms with E-state index in [-0.39, 0.29) is 10.8 Å². The number of hydrogen-bond donors (Lipinski definition) is 0. The van der Waals surface area contributed by atoms with E-state index in [2.05, 4.69) is 308 Å². The van der Waals surface area contributed by atoms with E-state index in [1.807, 2.05) is 0 Å². The van der Waals surface area contributed by atoms with Gasteiger partial charge in [0, 0.05) is 54.7 Å². The maximum absolute atomic E-state index is 2.45. The fraction of sp³-hybridized carbons (Fsp3) is 0.158. The van der Waals surface area contributed by atoms with E-state index in [1.165, 1.54) is 121 Å². The Hall–Kier alpha value is -8.37. The second-order valence-electron chi connectivity index (χ2n) is 23.8. The van der Waals surface area contributed by atoms with E-state index in [4.69, 9.17) is 0 Å². The Bertz CT molecular complexity index is 3750. The predicted octanol–water partition coefficient (Wildman–Crippen LogP) is 21.3. The number of rotatable bonds is 10. The van der Waals surface area contributed by atoms with E-state index in [9.17, 15) is 0 Å². The van der Waals surface area contributed by atoms with Crippen LogP contribution in [0.2, 0.25) is 0 Å². The van der Waals surface area contributed by atoms with Crippen LogP contribution in [-0.2, 0) is 10.8 Å². The van der Waals surface area contributed by atoms with Gasteiger partial charge in [0.05, 0.1) is 0 Å². The molecule has 0 unspecified atom stereocenters. The smallest absolute Gasteiger partial charge is 0.0465 e. The van der Waals surface area contributed by atoms with Gasteiger partial charge in [-0.25, -0.2) is 0 Å². The van der Waals surface area contributed by atoms with Crippen molar-refractivity contribution in [1.29, 1.82) is 0 Å². The molecule has 0 saturated heterocycles. The third-order valence-electron chi connectivity index (χ3n) is 17.4. The number of nitrogens with zero attached hydrogens (tertiary/aromatic N) is 2. The van der Waals surface area contributed by atoms with Crippen LogP contribution in [0.4, 0.5) is 34.1 Å². The highest BCUT2D eigenvalue weighted by Gasteiger charge is 2.38.